The summed E-state index contributed by atoms with van der Waals surface area (Å²) in [5, 5.41) is 3.27. The highest BCUT2D eigenvalue weighted by atomic mass is 32.1. The molecule has 0 aliphatic rings. The fraction of sp³-hybridized carbons (Fsp3) is 0.150. The van der Waals surface area contributed by atoms with Crippen molar-refractivity contribution < 1.29 is 18.7 Å². The second-order valence-corrected chi connectivity index (χ2v) is 6.84. The third kappa shape index (κ3) is 4.57. The molecule has 5 nitrogen and oxygen atoms in total. The van der Waals surface area contributed by atoms with Gasteiger partial charge in [0.15, 0.2) is 6.10 Å². The van der Waals surface area contributed by atoms with Gasteiger partial charge < -0.3 is 10.1 Å². The lowest BCUT2D eigenvalue weighted by Crippen LogP contribution is -2.29. The van der Waals surface area contributed by atoms with E-state index in [0.29, 0.717) is 26.8 Å². The Kier molecular flexibility index (Phi) is 5.61. The zero-order valence-electron chi connectivity index (χ0n) is 14.7. The first-order chi connectivity index (χ1) is 12.9. The molecule has 2 aromatic carbocycles. The van der Waals surface area contributed by atoms with Gasteiger partial charge in [-0.05, 0) is 50.2 Å². The largest absolute Gasteiger partial charge is 0.448 e. The molecule has 27 heavy (non-hydrogen) atoms. The van der Waals surface area contributed by atoms with Gasteiger partial charge in [0, 0.05) is 11.3 Å². The van der Waals surface area contributed by atoms with E-state index in [0.717, 1.165) is 11.3 Å². The molecule has 0 saturated heterocycles. The van der Waals surface area contributed by atoms with E-state index in [-0.39, 0.29) is 5.82 Å². The Bertz CT molecular complexity index is 955. The van der Waals surface area contributed by atoms with Crippen molar-refractivity contribution in [2.24, 2.45) is 0 Å². The number of aryl methyl sites for hydroxylation is 1. The molecule has 1 aromatic heterocycles. The van der Waals surface area contributed by atoms with E-state index < -0.39 is 18.0 Å². The summed E-state index contributed by atoms with van der Waals surface area (Å²) in [6, 6.07) is 14.8. The maximum Gasteiger partial charge on any atom is 0.351 e. The monoisotopic (exact) mass is 384 g/mol. The van der Waals surface area contributed by atoms with E-state index in [1.165, 1.54) is 19.1 Å². The van der Waals surface area contributed by atoms with E-state index in [9.17, 15) is 14.0 Å². The molecule has 0 aliphatic carbocycles. The standard InChI is InChI=1S/C20H17FN2O3S/c1-12-17(27-19(22-12)14-8-10-15(21)11-9-14)20(25)26-13(2)18(24)23-16-6-4-3-5-7-16/h3-11,13H,1-2H3,(H,23,24). The van der Waals surface area contributed by atoms with Gasteiger partial charge in [-0.1, -0.05) is 18.2 Å². The molecule has 3 rings (SSSR count). The van der Waals surface area contributed by atoms with Crippen LogP contribution in [0.3, 0.4) is 0 Å². The Morgan fingerprint density at radius 1 is 1.11 bits per heavy atom. The molecule has 0 saturated carbocycles. The van der Waals surface area contributed by atoms with Crippen LogP contribution in [0.15, 0.2) is 54.6 Å². The number of carbonyl (C=O) groups is 2. The maximum atomic E-state index is 13.1. The van der Waals surface area contributed by atoms with Gasteiger partial charge in [0.2, 0.25) is 0 Å². The molecule has 1 heterocycles. The molecule has 0 fully saturated rings. The molecule has 3 aromatic rings. The van der Waals surface area contributed by atoms with Crippen LogP contribution in [0.4, 0.5) is 10.1 Å². The van der Waals surface area contributed by atoms with Gasteiger partial charge in [-0.3, -0.25) is 4.79 Å². The van der Waals surface area contributed by atoms with Gasteiger partial charge in [-0.2, -0.15) is 0 Å². The Balaban J connectivity index is 1.68. The smallest absolute Gasteiger partial charge is 0.351 e. The van der Waals surface area contributed by atoms with Crippen molar-refractivity contribution in [1.29, 1.82) is 0 Å². The fourth-order valence-corrected chi connectivity index (χ4v) is 3.29. The molecule has 0 radical (unpaired) electrons. The Hall–Kier alpha value is -3.06. The van der Waals surface area contributed by atoms with Gasteiger partial charge in [-0.15, -0.1) is 11.3 Å². The number of rotatable bonds is 5. The van der Waals surface area contributed by atoms with Crippen molar-refractivity contribution in [3.63, 3.8) is 0 Å². The van der Waals surface area contributed by atoms with Gasteiger partial charge in [-0.25, -0.2) is 14.2 Å². The van der Waals surface area contributed by atoms with Crippen LogP contribution in [0.1, 0.15) is 22.3 Å². The van der Waals surface area contributed by atoms with Crippen LogP contribution in [-0.2, 0) is 9.53 Å². The molecule has 1 unspecified atom stereocenters. The number of thiazole rings is 1. The SMILES string of the molecule is Cc1nc(-c2ccc(F)cc2)sc1C(=O)OC(C)C(=O)Nc1ccccc1. The Morgan fingerprint density at radius 3 is 2.44 bits per heavy atom. The second-order valence-electron chi connectivity index (χ2n) is 5.84. The number of hydrogen-bond acceptors (Lipinski definition) is 5. The molecule has 0 bridgehead atoms. The summed E-state index contributed by atoms with van der Waals surface area (Å²) in [7, 11) is 0. The number of para-hydroxylation sites is 1. The number of carbonyl (C=O) groups excluding carboxylic acids is 2. The number of halogens is 1. The molecule has 7 heteroatoms. The summed E-state index contributed by atoms with van der Waals surface area (Å²) in [4.78, 5) is 29.3. The first-order valence-corrected chi connectivity index (χ1v) is 9.06. The van der Waals surface area contributed by atoms with Crippen LogP contribution in [-0.4, -0.2) is 23.0 Å². The van der Waals surface area contributed by atoms with E-state index in [1.54, 1.807) is 43.3 Å². The third-order valence-electron chi connectivity index (χ3n) is 3.77. The summed E-state index contributed by atoms with van der Waals surface area (Å²) in [5.74, 6) is -1.38. The zero-order chi connectivity index (χ0) is 19.4. The van der Waals surface area contributed by atoms with Crippen LogP contribution in [0.2, 0.25) is 0 Å². The highest BCUT2D eigenvalue weighted by molar-refractivity contribution is 7.17. The van der Waals surface area contributed by atoms with Crippen molar-refractivity contribution in [3.05, 3.63) is 71.0 Å². The Morgan fingerprint density at radius 2 is 1.78 bits per heavy atom. The summed E-state index contributed by atoms with van der Waals surface area (Å²) in [5.41, 5.74) is 1.83. The van der Waals surface area contributed by atoms with E-state index in [4.69, 9.17) is 4.74 Å². The van der Waals surface area contributed by atoms with Gasteiger partial charge in [0.25, 0.3) is 5.91 Å². The highest BCUT2D eigenvalue weighted by Gasteiger charge is 2.23. The fourth-order valence-electron chi connectivity index (χ4n) is 2.33. The number of anilines is 1. The van der Waals surface area contributed by atoms with Crippen LogP contribution in [0.25, 0.3) is 10.6 Å². The normalized spacial score (nSPS) is 11.7. The summed E-state index contributed by atoms with van der Waals surface area (Å²) >= 11 is 1.14. The minimum Gasteiger partial charge on any atom is -0.448 e. The lowest BCUT2D eigenvalue weighted by atomic mass is 10.2. The predicted molar refractivity (Wildman–Crippen MR) is 102 cm³/mol. The summed E-state index contributed by atoms with van der Waals surface area (Å²) in [6.07, 6.45) is -0.964. The van der Waals surface area contributed by atoms with Crippen molar-refractivity contribution in [1.82, 2.24) is 4.98 Å². The van der Waals surface area contributed by atoms with Gasteiger partial charge in [0.1, 0.15) is 15.7 Å². The van der Waals surface area contributed by atoms with Crippen LogP contribution in [0, 0.1) is 12.7 Å². The second kappa shape index (κ2) is 8.09. The molecule has 1 N–H and O–H groups in total. The van der Waals surface area contributed by atoms with Crippen molar-refractivity contribution in [2.75, 3.05) is 5.32 Å². The van der Waals surface area contributed by atoms with Crippen molar-refractivity contribution in [2.45, 2.75) is 20.0 Å². The Labute approximate surface area is 159 Å². The van der Waals surface area contributed by atoms with Crippen LogP contribution < -0.4 is 5.32 Å². The molecule has 1 atom stereocenters. The molecular weight excluding hydrogens is 367 g/mol. The molecule has 1 amide bonds. The quantitative estimate of drug-likeness (QED) is 0.660. The summed E-state index contributed by atoms with van der Waals surface area (Å²) < 4.78 is 18.3. The van der Waals surface area contributed by atoms with E-state index in [1.807, 2.05) is 6.07 Å². The number of nitrogens with one attached hydrogen (secondary N) is 1. The number of esters is 1. The molecule has 138 valence electrons. The maximum absolute atomic E-state index is 13.1. The van der Waals surface area contributed by atoms with Crippen LogP contribution >= 0.6 is 11.3 Å². The lowest BCUT2D eigenvalue weighted by Gasteiger charge is -2.13. The van der Waals surface area contributed by atoms with E-state index >= 15 is 0 Å². The minimum absolute atomic E-state index is 0.314. The average molecular weight is 384 g/mol. The van der Waals surface area contributed by atoms with Crippen molar-refractivity contribution in [3.8, 4) is 10.6 Å². The third-order valence-corrected chi connectivity index (χ3v) is 4.95. The first kappa shape index (κ1) is 18.7. The van der Waals surface area contributed by atoms with E-state index in [2.05, 4.69) is 10.3 Å². The number of ether oxygens (including phenoxy) is 1. The zero-order valence-corrected chi connectivity index (χ0v) is 15.5. The number of hydrogen-bond donors (Lipinski definition) is 1. The number of benzene rings is 2. The number of nitrogens with zero attached hydrogens (tertiary/aromatic N) is 1. The van der Waals surface area contributed by atoms with Gasteiger partial charge in [0.05, 0.1) is 5.69 Å². The first-order valence-electron chi connectivity index (χ1n) is 8.24. The van der Waals surface area contributed by atoms with Crippen LogP contribution in [0.5, 0.6) is 0 Å². The predicted octanol–water partition coefficient (Wildman–Crippen LogP) is 4.44. The van der Waals surface area contributed by atoms with Gasteiger partial charge >= 0.3 is 5.97 Å². The topological polar surface area (TPSA) is 68.3 Å². The van der Waals surface area contributed by atoms with Crippen molar-refractivity contribution >= 4 is 28.9 Å². The average Bonchev–Trinajstić information content (AvgIpc) is 3.05. The number of amides is 1. The minimum atomic E-state index is -0.964. The lowest BCUT2D eigenvalue weighted by molar-refractivity contribution is -0.123. The molecular formula is C20H17FN2O3S. The number of aromatic nitrogens is 1. The molecule has 0 spiro atoms. The molecule has 0 aliphatic heterocycles. The summed E-state index contributed by atoms with van der Waals surface area (Å²) in [6.45, 7) is 3.20. The highest BCUT2D eigenvalue weighted by Crippen LogP contribution is 2.28.